The molecule has 0 bridgehead atoms. The summed E-state index contributed by atoms with van der Waals surface area (Å²) in [5.41, 5.74) is 3.90. The van der Waals surface area contributed by atoms with Gasteiger partial charge >= 0.3 is 0 Å². The molecule has 0 aliphatic rings. The highest BCUT2D eigenvalue weighted by Gasteiger charge is 2.10. The number of rotatable bonds is 9. The maximum Gasteiger partial charge on any atom is 0.224 e. The lowest BCUT2D eigenvalue weighted by atomic mass is 10.1. The summed E-state index contributed by atoms with van der Waals surface area (Å²) in [5, 5.41) is 6.88. The third-order valence-electron chi connectivity index (χ3n) is 4.75. The molecule has 1 heterocycles. The van der Waals surface area contributed by atoms with E-state index >= 15 is 0 Å². The molecule has 1 aromatic heterocycles. The molecule has 29 heavy (non-hydrogen) atoms. The van der Waals surface area contributed by atoms with Gasteiger partial charge in [0.15, 0.2) is 0 Å². The van der Waals surface area contributed by atoms with Gasteiger partial charge in [-0.05, 0) is 55.7 Å². The van der Waals surface area contributed by atoms with Gasteiger partial charge in [0.2, 0.25) is 5.91 Å². The average Bonchev–Trinajstić information content (AvgIpc) is 3.05. The molecule has 1 amide bonds. The first-order chi connectivity index (χ1) is 14.0. The molecule has 3 aromatic rings. The largest absolute Gasteiger partial charge is 0.497 e. The second-order valence-electron chi connectivity index (χ2n) is 6.86. The van der Waals surface area contributed by atoms with Crippen molar-refractivity contribution in [2.45, 2.75) is 33.3 Å². The topological polar surface area (TPSA) is 73.6 Å². The molecule has 0 fully saturated rings. The Kier molecular flexibility index (Phi) is 6.89. The minimum absolute atomic E-state index is 0.00269. The lowest BCUT2D eigenvalue weighted by Crippen LogP contribution is -2.27. The fourth-order valence-electron chi connectivity index (χ4n) is 2.95. The van der Waals surface area contributed by atoms with E-state index in [0.29, 0.717) is 19.6 Å². The van der Waals surface area contributed by atoms with E-state index in [-0.39, 0.29) is 5.91 Å². The minimum atomic E-state index is 0.00269. The van der Waals surface area contributed by atoms with Crippen LogP contribution in [-0.4, -0.2) is 24.7 Å². The molecule has 0 aliphatic heterocycles. The highest BCUT2D eigenvalue weighted by atomic mass is 16.5. The number of aryl methyl sites for hydroxylation is 2. The van der Waals surface area contributed by atoms with Gasteiger partial charge in [0.05, 0.1) is 24.8 Å². The normalized spacial score (nSPS) is 10.6. The van der Waals surface area contributed by atoms with Crippen LogP contribution in [0.15, 0.2) is 53.1 Å². The van der Waals surface area contributed by atoms with Gasteiger partial charge in [-0.3, -0.25) is 4.79 Å². The number of hydrogen-bond donors (Lipinski definition) is 1. The van der Waals surface area contributed by atoms with E-state index in [4.69, 9.17) is 14.0 Å². The Morgan fingerprint density at radius 1 is 1.00 bits per heavy atom. The molecular weight excluding hydrogens is 368 g/mol. The van der Waals surface area contributed by atoms with Crippen LogP contribution < -0.4 is 14.8 Å². The van der Waals surface area contributed by atoms with Crippen molar-refractivity contribution in [2.24, 2.45) is 0 Å². The third-order valence-corrected chi connectivity index (χ3v) is 4.75. The van der Waals surface area contributed by atoms with Gasteiger partial charge in [-0.15, -0.1) is 0 Å². The molecule has 0 atom stereocenters. The molecule has 1 N–H and O–H groups in total. The number of benzene rings is 2. The second-order valence-corrected chi connectivity index (χ2v) is 6.86. The summed E-state index contributed by atoms with van der Waals surface area (Å²) < 4.78 is 16.1. The summed E-state index contributed by atoms with van der Waals surface area (Å²) in [5.74, 6) is 2.35. The predicted octanol–water partition coefficient (Wildman–Crippen LogP) is 3.78. The molecule has 0 aliphatic carbocycles. The van der Waals surface area contributed by atoms with Gasteiger partial charge < -0.3 is 19.3 Å². The SMILES string of the molecule is COc1ccc(CCNC(=O)Cc2ccc(OCc3c(C)noc3C)cc2)cc1. The molecule has 2 aromatic carbocycles. The Bertz CT molecular complexity index is 911. The van der Waals surface area contributed by atoms with E-state index in [2.05, 4.69) is 10.5 Å². The Labute approximate surface area is 170 Å². The van der Waals surface area contributed by atoms with Crippen LogP contribution in [-0.2, 0) is 24.2 Å². The van der Waals surface area contributed by atoms with Crippen molar-refractivity contribution >= 4 is 5.91 Å². The first kappa shape index (κ1) is 20.5. The van der Waals surface area contributed by atoms with Crippen molar-refractivity contribution < 1.29 is 18.8 Å². The zero-order chi connectivity index (χ0) is 20.6. The van der Waals surface area contributed by atoms with Crippen LogP contribution in [0.1, 0.15) is 28.1 Å². The number of hydrogen-bond acceptors (Lipinski definition) is 5. The van der Waals surface area contributed by atoms with Crippen molar-refractivity contribution in [3.05, 3.63) is 76.7 Å². The minimum Gasteiger partial charge on any atom is -0.497 e. The quantitative estimate of drug-likeness (QED) is 0.598. The number of nitrogens with zero attached hydrogens (tertiary/aromatic N) is 1. The van der Waals surface area contributed by atoms with Crippen LogP contribution >= 0.6 is 0 Å². The Hall–Kier alpha value is -3.28. The first-order valence-corrected chi connectivity index (χ1v) is 9.58. The molecule has 6 heteroatoms. The molecule has 0 radical (unpaired) electrons. The number of aromatic nitrogens is 1. The van der Waals surface area contributed by atoms with Gasteiger partial charge in [-0.2, -0.15) is 0 Å². The van der Waals surface area contributed by atoms with E-state index in [9.17, 15) is 4.79 Å². The molecular formula is C23H26N2O4. The van der Waals surface area contributed by atoms with Crippen molar-refractivity contribution in [3.63, 3.8) is 0 Å². The number of amides is 1. The molecule has 0 saturated heterocycles. The van der Waals surface area contributed by atoms with Crippen LogP contribution in [0.3, 0.4) is 0 Å². The van der Waals surface area contributed by atoms with Crippen molar-refractivity contribution in [1.82, 2.24) is 10.5 Å². The van der Waals surface area contributed by atoms with Gasteiger partial charge in [-0.1, -0.05) is 29.4 Å². The highest BCUT2D eigenvalue weighted by molar-refractivity contribution is 5.78. The van der Waals surface area contributed by atoms with E-state index in [1.165, 1.54) is 0 Å². The maximum atomic E-state index is 12.2. The van der Waals surface area contributed by atoms with Crippen molar-refractivity contribution in [2.75, 3.05) is 13.7 Å². The zero-order valence-corrected chi connectivity index (χ0v) is 17.0. The lowest BCUT2D eigenvalue weighted by Gasteiger charge is -2.08. The smallest absolute Gasteiger partial charge is 0.224 e. The van der Waals surface area contributed by atoms with Crippen LogP contribution in [0.5, 0.6) is 11.5 Å². The Morgan fingerprint density at radius 3 is 2.28 bits per heavy atom. The van der Waals surface area contributed by atoms with E-state index < -0.39 is 0 Å². The number of carbonyl (C=O) groups excluding carboxylic acids is 1. The lowest BCUT2D eigenvalue weighted by molar-refractivity contribution is -0.120. The monoisotopic (exact) mass is 394 g/mol. The number of ether oxygens (including phenoxy) is 2. The predicted molar refractivity (Wildman–Crippen MR) is 110 cm³/mol. The fourth-order valence-corrected chi connectivity index (χ4v) is 2.95. The number of nitrogens with one attached hydrogen (secondary N) is 1. The first-order valence-electron chi connectivity index (χ1n) is 9.58. The standard InChI is InChI=1S/C23H26N2O4/c1-16-22(17(2)29-25-16)15-28-21-10-6-19(7-11-21)14-23(26)24-13-12-18-4-8-20(27-3)9-5-18/h4-11H,12-15H2,1-3H3,(H,24,26). The molecule has 0 spiro atoms. The number of methoxy groups -OCH3 is 1. The summed E-state index contributed by atoms with van der Waals surface area (Å²) in [4.78, 5) is 12.2. The summed E-state index contributed by atoms with van der Waals surface area (Å²) >= 11 is 0. The van der Waals surface area contributed by atoms with Gasteiger partial charge in [0, 0.05) is 6.54 Å². The summed E-state index contributed by atoms with van der Waals surface area (Å²) in [6.45, 7) is 4.77. The summed E-state index contributed by atoms with van der Waals surface area (Å²) in [6.07, 6.45) is 1.12. The van der Waals surface area contributed by atoms with Gasteiger partial charge in [-0.25, -0.2) is 0 Å². The van der Waals surface area contributed by atoms with Crippen LogP contribution in [0.2, 0.25) is 0 Å². The molecule has 0 unspecified atom stereocenters. The van der Waals surface area contributed by atoms with E-state index in [0.717, 1.165) is 46.1 Å². The van der Waals surface area contributed by atoms with Crippen molar-refractivity contribution in [3.8, 4) is 11.5 Å². The molecule has 6 nitrogen and oxygen atoms in total. The zero-order valence-electron chi connectivity index (χ0n) is 17.0. The van der Waals surface area contributed by atoms with Crippen LogP contribution in [0, 0.1) is 13.8 Å². The number of carbonyl (C=O) groups is 1. The summed E-state index contributed by atoms with van der Waals surface area (Å²) in [7, 11) is 1.65. The second kappa shape index (κ2) is 9.78. The maximum absolute atomic E-state index is 12.2. The summed E-state index contributed by atoms with van der Waals surface area (Å²) in [6, 6.07) is 15.4. The molecule has 0 saturated carbocycles. The fraction of sp³-hybridized carbons (Fsp3) is 0.304. The van der Waals surface area contributed by atoms with Crippen LogP contribution in [0.4, 0.5) is 0 Å². The molecule has 3 rings (SSSR count). The third kappa shape index (κ3) is 5.85. The van der Waals surface area contributed by atoms with Gasteiger partial charge in [0.1, 0.15) is 23.9 Å². The van der Waals surface area contributed by atoms with E-state index in [1.54, 1.807) is 7.11 Å². The van der Waals surface area contributed by atoms with Crippen molar-refractivity contribution in [1.29, 1.82) is 0 Å². The van der Waals surface area contributed by atoms with Crippen LogP contribution in [0.25, 0.3) is 0 Å². The van der Waals surface area contributed by atoms with E-state index in [1.807, 2.05) is 62.4 Å². The molecule has 152 valence electrons. The highest BCUT2D eigenvalue weighted by Crippen LogP contribution is 2.18. The van der Waals surface area contributed by atoms with Gasteiger partial charge in [0.25, 0.3) is 0 Å². The average molecular weight is 394 g/mol. The Morgan fingerprint density at radius 2 is 1.66 bits per heavy atom. The Balaban J connectivity index is 1.42.